The van der Waals surface area contributed by atoms with Gasteiger partial charge in [0.05, 0.1) is 0 Å². The summed E-state index contributed by atoms with van der Waals surface area (Å²) >= 11 is 0. The van der Waals surface area contributed by atoms with E-state index >= 15 is 0 Å². The van der Waals surface area contributed by atoms with Crippen molar-refractivity contribution in [1.29, 1.82) is 0 Å². The Kier molecular flexibility index (Phi) is 12.1. The van der Waals surface area contributed by atoms with Crippen molar-refractivity contribution >= 4 is 25.8 Å². The van der Waals surface area contributed by atoms with Crippen molar-refractivity contribution in [1.82, 2.24) is 0 Å². The zero-order chi connectivity index (χ0) is 10.2. The quantitative estimate of drug-likeness (QED) is 0.552. The molecule has 0 rings (SSSR count). The minimum Gasteiger partial charge on any atom is -0.519 e. The summed E-state index contributed by atoms with van der Waals surface area (Å²) in [6, 6.07) is 0. The molecule has 0 spiro atoms. The average Bonchev–Trinajstić information content (AvgIpc) is 2.06. The van der Waals surface area contributed by atoms with Gasteiger partial charge in [-0.2, -0.15) is 0 Å². The van der Waals surface area contributed by atoms with E-state index in [1.807, 2.05) is 27.7 Å². The van der Waals surface area contributed by atoms with Crippen molar-refractivity contribution in [2.75, 3.05) is 26.4 Å². The molecule has 0 fully saturated rings. The molecular formula is C8H21BLiO4. The molecule has 0 atom stereocenters. The summed E-state index contributed by atoms with van der Waals surface area (Å²) in [6.45, 7) is 7.61. The van der Waals surface area contributed by atoms with Crippen molar-refractivity contribution in [2.24, 2.45) is 0 Å². The van der Waals surface area contributed by atoms with Gasteiger partial charge in [-0.15, -0.1) is 0 Å². The number of rotatable bonds is 8. The maximum Gasteiger partial charge on any atom is 1.00 e. The monoisotopic (exact) mass is 199 g/mol. The third kappa shape index (κ3) is 6.07. The Morgan fingerprint density at radius 3 is 1.07 bits per heavy atom. The zero-order valence-corrected chi connectivity index (χ0v) is 10.0. The van der Waals surface area contributed by atoms with Gasteiger partial charge in [0, 0.05) is 45.3 Å². The summed E-state index contributed by atoms with van der Waals surface area (Å²) in [5.74, 6) is 0. The predicted octanol–water partition coefficient (Wildman–Crippen LogP) is 1.30. The Balaban J connectivity index is -0.000000720. The maximum absolute atomic E-state index is 5.35. The molecule has 14 heavy (non-hydrogen) atoms. The minimum atomic E-state index is -1.97. The fraction of sp³-hybridized carbons (Fsp3) is 1.00. The number of hydrogen-bond acceptors (Lipinski definition) is 4. The maximum atomic E-state index is 5.35. The van der Waals surface area contributed by atoms with Gasteiger partial charge in [0.2, 0.25) is 0 Å². The molecule has 0 saturated carbocycles. The molecule has 1 radical (unpaired) electrons. The van der Waals surface area contributed by atoms with Crippen LogP contribution in [0.3, 0.4) is 0 Å². The number of hydrogen-bond donors (Lipinski definition) is 0. The molecule has 0 heterocycles. The van der Waals surface area contributed by atoms with E-state index < -0.39 is 6.96 Å². The zero-order valence-electron chi connectivity index (χ0n) is 11.0. The van der Waals surface area contributed by atoms with Crippen LogP contribution in [0, 0.1) is 0 Å². The van der Waals surface area contributed by atoms with Gasteiger partial charge in [-0.3, -0.25) is 0 Å². The van der Waals surface area contributed by atoms with Gasteiger partial charge < -0.3 is 18.6 Å². The van der Waals surface area contributed by atoms with E-state index in [-0.39, 0.29) is 20.3 Å². The van der Waals surface area contributed by atoms with E-state index in [0.717, 1.165) is 0 Å². The smallest absolute Gasteiger partial charge is 0.519 e. The van der Waals surface area contributed by atoms with E-state index in [9.17, 15) is 0 Å². The van der Waals surface area contributed by atoms with Crippen LogP contribution in [-0.4, -0.2) is 52.2 Å². The molecule has 81 valence electrons. The second-order valence-corrected chi connectivity index (χ2v) is 2.40. The summed E-state index contributed by atoms with van der Waals surface area (Å²) in [6.07, 6.45) is 0. The molecule has 0 aromatic carbocycles. The van der Waals surface area contributed by atoms with Crippen LogP contribution in [-0.2, 0) is 18.6 Å². The van der Waals surface area contributed by atoms with Crippen LogP contribution >= 0.6 is 0 Å². The summed E-state index contributed by atoms with van der Waals surface area (Å²) in [4.78, 5) is 0. The molecule has 0 aromatic rings. The fourth-order valence-corrected chi connectivity index (χ4v) is 1.11. The van der Waals surface area contributed by atoms with Crippen molar-refractivity contribution in [3.63, 3.8) is 0 Å². The van der Waals surface area contributed by atoms with Crippen LogP contribution < -0.4 is 0 Å². The summed E-state index contributed by atoms with van der Waals surface area (Å²) in [7, 11) is 0. The van der Waals surface area contributed by atoms with Gasteiger partial charge in [0.1, 0.15) is 0 Å². The first-order chi connectivity index (χ1) is 6.24. The summed E-state index contributed by atoms with van der Waals surface area (Å²) in [5, 5.41) is 0. The van der Waals surface area contributed by atoms with Crippen LogP contribution in [0.2, 0.25) is 0 Å². The summed E-state index contributed by atoms with van der Waals surface area (Å²) < 4.78 is 21.4. The Morgan fingerprint density at radius 1 is 0.714 bits per heavy atom. The van der Waals surface area contributed by atoms with E-state index in [0.29, 0.717) is 26.4 Å². The largest absolute Gasteiger partial charge is 1.00 e. The Morgan fingerprint density at radius 2 is 0.929 bits per heavy atom. The Hall–Kier alpha value is 0.502. The molecule has 0 saturated heterocycles. The second-order valence-electron chi connectivity index (χ2n) is 2.40. The van der Waals surface area contributed by atoms with Crippen molar-refractivity contribution in [2.45, 2.75) is 27.7 Å². The van der Waals surface area contributed by atoms with E-state index in [2.05, 4.69) is 0 Å². The van der Waals surface area contributed by atoms with E-state index in [4.69, 9.17) is 18.6 Å². The van der Waals surface area contributed by atoms with Crippen LogP contribution in [0.15, 0.2) is 0 Å². The molecule has 0 unspecified atom stereocenters. The SMILES string of the molecule is CCO[B-](OCC)(OCC)OCC.[H+].[Li]. The summed E-state index contributed by atoms with van der Waals surface area (Å²) in [5.41, 5.74) is 0. The van der Waals surface area contributed by atoms with Gasteiger partial charge in [0.15, 0.2) is 0 Å². The fourth-order valence-electron chi connectivity index (χ4n) is 1.11. The van der Waals surface area contributed by atoms with E-state index in [1.54, 1.807) is 0 Å². The van der Waals surface area contributed by atoms with Gasteiger partial charge in [0.25, 0.3) is 0 Å². The molecule has 6 heteroatoms. The second kappa shape index (κ2) is 10.0. The van der Waals surface area contributed by atoms with Gasteiger partial charge in [-0.25, -0.2) is 0 Å². The van der Waals surface area contributed by atoms with Crippen LogP contribution in [0.1, 0.15) is 29.1 Å². The van der Waals surface area contributed by atoms with Crippen molar-refractivity contribution in [3.8, 4) is 0 Å². The van der Waals surface area contributed by atoms with Gasteiger partial charge >= 0.3 is 8.38 Å². The molecule has 0 amide bonds. The molecule has 0 bridgehead atoms. The first-order valence-corrected chi connectivity index (χ1v) is 4.93. The predicted molar refractivity (Wildman–Crippen MR) is 59.1 cm³/mol. The normalized spacial score (nSPS) is 11.1. The van der Waals surface area contributed by atoms with Gasteiger partial charge in [-0.1, -0.05) is 0 Å². The van der Waals surface area contributed by atoms with Crippen LogP contribution in [0.25, 0.3) is 0 Å². The standard InChI is InChI=1S/C8H20BO4.Li/c1-5-10-9(11-6-2,12-7-3)13-8-4;/h5-8H2,1-4H3;/q-1;/p+1. The minimum absolute atomic E-state index is 0. The average molecular weight is 199 g/mol. The first-order valence-electron chi connectivity index (χ1n) is 4.93. The van der Waals surface area contributed by atoms with Crippen LogP contribution in [0.5, 0.6) is 0 Å². The molecule has 0 N–H and O–H groups in total. The van der Waals surface area contributed by atoms with Crippen molar-refractivity contribution in [3.05, 3.63) is 0 Å². The van der Waals surface area contributed by atoms with E-state index in [1.165, 1.54) is 0 Å². The third-order valence-corrected chi connectivity index (χ3v) is 1.48. The molecular weight excluding hydrogens is 178 g/mol. The molecule has 0 aromatic heterocycles. The van der Waals surface area contributed by atoms with Crippen LogP contribution in [0.4, 0.5) is 0 Å². The third-order valence-electron chi connectivity index (χ3n) is 1.48. The molecule has 0 aliphatic carbocycles. The van der Waals surface area contributed by atoms with Crippen molar-refractivity contribution < 1.29 is 20.0 Å². The van der Waals surface area contributed by atoms with Gasteiger partial charge in [-0.05, 0) is 27.7 Å². The Labute approximate surface area is 100 Å². The molecule has 0 aliphatic rings. The molecule has 0 aliphatic heterocycles. The first kappa shape index (κ1) is 16.9. The molecule has 4 nitrogen and oxygen atoms in total. The topological polar surface area (TPSA) is 36.9 Å². The Bertz CT molecular complexity index is 102.